The highest BCUT2D eigenvalue weighted by molar-refractivity contribution is 7.87. The third kappa shape index (κ3) is 2.48. The average molecular weight is 257 g/mol. The molecule has 3 N–H and O–H groups in total. The molecule has 0 amide bonds. The molecule has 0 aliphatic carbocycles. The summed E-state index contributed by atoms with van der Waals surface area (Å²) in [5, 5.41) is 8.95. The van der Waals surface area contributed by atoms with E-state index in [-0.39, 0.29) is 5.69 Å². The van der Waals surface area contributed by atoms with Crippen molar-refractivity contribution in [2.75, 3.05) is 5.73 Å². The third-order valence-electron chi connectivity index (χ3n) is 1.49. The highest BCUT2D eigenvalue weighted by Crippen LogP contribution is 2.30. The molecule has 16 heavy (non-hydrogen) atoms. The minimum Gasteiger partial charge on any atom is -0.506 e. The number of phenols is 1. The molecule has 0 aromatic heterocycles. The minimum atomic E-state index is -5.72. The van der Waals surface area contributed by atoms with E-state index < -0.39 is 27.1 Å². The number of anilines is 1. The van der Waals surface area contributed by atoms with E-state index in [1.165, 1.54) is 0 Å². The van der Waals surface area contributed by atoms with Crippen molar-refractivity contribution in [2.45, 2.75) is 5.51 Å². The molecule has 0 fully saturated rings. The van der Waals surface area contributed by atoms with Gasteiger partial charge < -0.3 is 15.0 Å². The Hall–Kier alpha value is -1.64. The lowest BCUT2D eigenvalue weighted by Crippen LogP contribution is -2.28. The van der Waals surface area contributed by atoms with Crippen LogP contribution in [-0.2, 0) is 10.1 Å². The van der Waals surface area contributed by atoms with Gasteiger partial charge in [-0.2, -0.15) is 21.6 Å². The Morgan fingerprint density at radius 1 is 1.31 bits per heavy atom. The van der Waals surface area contributed by atoms with Crippen LogP contribution in [0.4, 0.5) is 18.9 Å². The summed E-state index contributed by atoms with van der Waals surface area (Å²) in [7, 11) is -5.72. The first-order valence-corrected chi connectivity index (χ1v) is 5.13. The monoisotopic (exact) mass is 257 g/mol. The van der Waals surface area contributed by atoms with Gasteiger partial charge in [0.25, 0.3) is 0 Å². The standard InChI is InChI=1S/C7H6F3NO4S/c8-7(9,10)16(13,14)15-4-1-2-6(12)5(11)3-4/h1-3,12H,11H2. The van der Waals surface area contributed by atoms with Crippen molar-refractivity contribution in [1.82, 2.24) is 0 Å². The topological polar surface area (TPSA) is 89.6 Å². The number of hydrogen-bond acceptors (Lipinski definition) is 5. The zero-order chi connectivity index (χ0) is 12.6. The summed E-state index contributed by atoms with van der Waals surface area (Å²) in [6.07, 6.45) is 0. The number of halogens is 3. The molecule has 1 rings (SSSR count). The maximum Gasteiger partial charge on any atom is 0.534 e. The molecule has 0 heterocycles. The van der Waals surface area contributed by atoms with Crippen molar-refractivity contribution in [3.8, 4) is 11.5 Å². The summed E-state index contributed by atoms with van der Waals surface area (Å²) < 4.78 is 60.6. The molecule has 0 radical (unpaired) electrons. The molecule has 5 nitrogen and oxygen atoms in total. The van der Waals surface area contributed by atoms with Crippen LogP contribution >= 0.6 is 0 Å². The van der Waals surface area contributed by atoms with Gasteiger partial charge >= 0.3 is 15.6 Å². The van der Waals surface area contributed by atoms with Crippen LogP contribution in [0, 0.1) is 0 Å². The smallest absolute Gasteiger partial charge is 0.506 e. The van der Waals surface area contributed by atoms with Crippen LogP contribution in [0.1, 0.15) is 0 Å². The number of phenolic OH excluding ortho intramolecular Hbond substituents is 1. The van der Waals surface area contributed by atoms with Gasteiger partial charge in [0, 0.05) is 6.07 Å². The van der Waals surface area contributed by atoms with Crippen LogP contribution in [0.2, 0.25) is 0 Å². The number of hydrogen-bond donors (Lipinski definition) is 2. The number of nitrogens with two attached hydrogens (primary N) is 1. The fourth-order valence-electron chi connectivity index (χ4n) is 0.758. The van der Waals surface area contributed by atoms with E-state index in [1.807, 2.05) is 0 Å². The van der Waals surface area contributed by atoms with E-state index in [0.29, 0.717) is 0 Å². The molecule has 1 aromatic carbocycles. The van der Waals surface area contributed by atoms with Crippen LogP contribution in [0.15, 0.2) is 18.2 Å². The highest BCUT2D eigenvalue weighted by Gasteiger charge is 2.48. The summed E-state index contributed by atoms with van der Waals surface area (Å²) in [5.41, 5.74) is -0.668. The molecule has 90 valence electrons. The summed E-state index contributed by atoms with van der Waals surface area (Å²) >= 11 is 0. The fraction of sp³-hybridized carbons (Fsp3) is 0.143. The zero-order valence-corrected chi connectivity index (χ0v) is 8.34. The van der Waals surface area contributed by atoms with Gasteiger partial charge in [0.05, 0.1) is 5.69 Å². The van der Waals surface area contributed by atoms with Gasteiger partial charge in [-0.05, 0) is 12.1 Å². The molecule has 9 heteroatoms. The van der Waals surface area contributed by atoms with Gasteiger partial charge in [0.2, 0.25) is 0 Å². The Morgan fingerprint density at radius 2 is 1.88 bits per heavy atom. The van der Waals surface area contributed by atoms with Crippen LogP contribution in [-0.4, -0.2) is 19.0 Å². The number of rotatable bonds is 2. The molecule has 0 bridgehead atoms. The van der Waals surface area contributed by atoms with Crippen LogP contribution < -0.4 is 9.92 Å². The van der Waals surface area contributed by atoms with Gasteiger partial charge in [0.1, 0.15) is 11.5 Å². The van der Waals surface area contributed by atoms with E-state index in [2.05, 4.69) is 4.18 Å². The normalized spacial score (nSPS) is 12.4. The fourth-order valence-corrected chi connectivity index (χ4v) is 1.21. The maximum absolute atomic E-state index is 11.9. The highest BCUT2D eigenvalue weighted by atomic mass is 32.2. The zero-order valence-electron chi connectivity index (χ0n) is 7.52. The Morgan fingerprint density at radius 3 is 2.31 bits per heavy atom. The number of aromatic hydroxyl groups is 1. The van der Waals surface area contributed by atoms with Gasteiger partial charge in [-0.25, -0.2) is 0 Å². The second-order valence-corrected chi connectivity index (χ2v) is 4.24. The van der Waals surface area contributed by atoms with Gasteiger partial charge in [0.15, 0.2) is 0 Å². The summed E-state index contributed by atoms with van der Waals surface area (Å²) in [5.74, 6) is -1.02. The number of alkyl halides is 3. The first-order chi connectivity index (χ1) is 7.13. The van der Waals surface area contributed by atoms with Crippen molar-refractivity contribution in [3.63, 3.8) is 0 Å². The van der Waals surface area contributed by atoms with Crippen molar-refractivity contribution < 1.29 is 30.9 Å². The Balaban J connectivity index is 3.03. The second-order valence-electron chi connectivity index (χ2n) is 2.70. The molecular weight excluding hydrogens is 251 g/mol. The Bertz CT molecular complexity index is 497. The van der Waals surface area contributed by atoms with Gasteiger partial charge in [-0.1, -0.05) is 0 Å². The SMILES string of the molecule is Nc1cc(OS(=O)(=O)C(F)(F)F)ccc1O. The van der Waals surface area contributed by atoms with Crippen molar-refractivity contribution in [3.05, 3.63) is 18.2 Å². The molecular formula is C7H6F3NO4S. The van der Waals surface area contributed by atoms with Crippen molar-refractivity contribution >= 4 is 15.8 Å². The first kappa shape index (κ1) is 12.4. The molecule has 0 unspecified atom stereocenters. The first-order valence-electron chi connectivity index (χ1n) is 3.73. The molecule has 0 spiro atoms. The van der Waals surface area contributed by atoms with Crippen molar-refractivity contribution in [2.24, 2.45) is 0 Å². The quantitative estimate of drug-likeness (QED) is 0.359. The van der Waals surface area contributed by atoms with Crippen molar-refractivity contribution in [1.29, 1.82) is 0 Å². The Labute approximate surface area is 88.4 Å². The molecule has 0 saturated heterocycles. The van der Waals surface area contributed by atoms with Crippen LogP contribution in [0.5, 0.6) is 11.5 Å². The third-order valence-corrected chi connectivity index (χ3v) is 2.47. The minimum absolute atomic E-state index is 0.296. The van der Waals surface area contributed by atoms with Gasteiger partial charge in [-0.3, -0.25) is 0 Å². The van der Waals surface area contributed by atoms with Gasteiger partial charge in [-0.15, -0.1) is 0 Å². The predicted molar refractivity (Wildman–Crippen MR) is 48.1 cm³/mol. The Kier molecular flexibility index (Phi) is 2.91. The number of nitrogen functional groups attached to an aromatic ring is 1. The molecule has 0 aliphatic heterocycles. The van der Waals surface area contributed by atoms with E-state index in [0.717, 1.165) is 18.2 Å². The van der Waals surface area contributed by atoms with E-state index in [4.69, 9.17) is 10.8 Å². The van der Waals surface area contributed by atoms with E-state index >= 15 is 0 Å². The molecule has 1 aromatic rings. The molecule has 0 saturated carbocycles. The maximum atomic E-state index is 11.9. The van der Waals surface area contributed by atoms with Crippen LogP contribution in [0.3, 0.4) is 0 Å². The lowest BCUT2D eigenvalue weighted by molar-refractivity contribution is -0.0500. The van der Waals surface area contributed by atoms with E-state index in [9.17, 15) is 21.6 Å². The number of benzene rings is 1. The second kappa shape index (κ2) is 3.74. The predicted octanol–water partition coefficient (Wildman–Crippen LogP) is 1.20. The molecule has 0 aliphatic rings. The average Bonchev–Trinajstić information content (AvgIpc) is 2.09. The summed E-state index contributed by atoms with van der Waals surface area (Å²) in [6, 6.07) is 2.52. The van der Waals surface area contributed by atoms with E-state index in [1.54, 1.807) is 0 Å². The summed E-state index contributed by atoms with van der Waals surface area (Å²) in [6.45, 7) is 0. The summed E-state index contributed by atoms with van der Waals surface area (Å²) in [4.78, 5) is 0. The largest absolute Gasteiger partial charge is 0.534 e. The lowest BCUT2D eigenvalue weighted by Gasteiger charge is -2.09. The lowest BCUT2D eigenvalue weighted by atomic mass is 10.3. The van der Waals surface area contributed by atoms with Crippen LogP contribution in [0.25, 0.3) is 0 Å². The molecule has 0 atom stereocenters.